The Morgan fingerprint density at radius 2 is 1.31 bits per heavy atom. The number of hydrogen-bond acceptors (Lipinski definition) is 5. The zero-order valence-corrected chi connectivity index (χ0v) is 17.5. The summed E-state index contributed by atoms with van der Waals surface area (Å²) in [6.07, 6.45) is -0.898. The standard InChI is InChI=1S/C21H20N2O5Si/c1-14-8-7-13-20(15(14)2)29-28-21(16-9-3-5-11-18(16)22(24)25)17-10-4-6-12-19(17)23(26)27/h3-13,21H,29H2,1-2H3. The van der Waals surface area contributed by atoms with E-state index in [1.165, 1.54) is 12.1 Å². The van der Waals surface area contributed by atoms with Crippen LogP contribution in [-0.4, -0.2) is 19.6 Å². The van der Waals surface area contributed by atoms with Gasteiger partial charge in [-0.1, -0.05) is 42.5 Å². The Hall–Kier alpha value is -3.36. The lowest BCUT2D eigenvalue weighted by Gasteiger charge is -2.20. The molecule has 0 radical (unpaired) electrons. The van der Waals surface area contributed by atoms with E-state index < -0.39 is 25.7 Å². The molecular weight excluding hydrogens is 388 g/mol. The first-order chi connectivity index (χ1) is 13.9. The lowest BCUT2D eigenvalue weighted by atomic mass is 9.98. The zero-order valence-electron chi connectivity index (χ0n) is 16.1. The third-order valence-corrected chi connectivity index (χ3v) is 6.53. The monoisotopic (exact) mass is 408 g/mol. The van der Waals surface area contributed by atoms with Gasteiger partial charge in [-0.25, -0.2) is 0 Å². The summed E-state index contributed by atoms with van der Waals surface area (Å²) in [5, 5.41) is 24.2. The summed E-state index contributed by atoms with van der Waals surface area (Å²) in [5.74, 6) is 0. The topological polar surface area (TPSA) is 95.5 Å². The largest absolute Gasteiger partial charge is 0.407 e. The molecule has 29 heavy (non-hydrogen) atoms. The van der Waals surface area contributed by atoms with E-state index in [-0.39, 0.29) is 11.4 Å². The van der Waals surface area contributed by atoms with Gasteiger partial charge in [0.05, 0.1) is 21.0 Å². The Labute approximate surface area is 170 Å². The molecule has 0 saturated carbocycles. The molecule has 0 bridgehead atoms. The Bertz CT molecular complexity index is 1010. The van der Waals surface area contributed by atoms with Crippen molar-refractivity contribution in [3.63, 3.8) is 0 Å². The Balaban J connectivity index is 2.09. The van der Waals surface area contributed by atoms with E-state index >= 15 is 0 Å². The second kappa shape index (κ2) is 8.76. The smallest absolute Gasteiger partial charge is 0.275 e. The van der Waals surface area contributed by atoms with Crippen LogP contribution in [0.2, 0.25) is 0 Å². The van der Waals surface area contributed by atoms with E-state index in [4.69, 9.17) is 4.43 Å². The first kappa shape index (κ1) is 20.4. The van der Waals surface area contributed by atoms with Crippen molar-refractivity contribution in [3.05, 3.63) is 109 Å². The Kier molecular flexibility index (Phi) is 6.15. The fraction of sp³-hybridized carbons (Fsp3) is 0.143. The first-order valence-electron chi connectivity index (χ1n) is 9.03. The van der Waals surface area contributed by atoms with Gasteiger partial charge in [0.25, 0.3) is 11.4 Å². The van der Waals surface area contributed by atoms with Crippen molar-refractivity contribution in [2.75, 3.05) is 0 Å². The van der Waals surface area contributed by atoms with Crippen molar-refractivity contribution in [1.82, 2.24) is 0 Å². The molecule has 3 aromatic carbocycles. The highest BCUT2D eigenvalue weighted by Crippen LogP contribution is 2.36. The minimum absolute atomic E-state index is 0.120. The van der Waals surface area contributed by atoms with Crippen LogP contribution in [0.25, 0.3) is 0 Å². The van der Waals surface area contributed by atoms with E-state index in [9.17, 15) is 20.2 Å². The van der Waals surface area contributed by atoms with Crippen LogP contribution in [0, 0.1) is 34.1 Å². The predicted octanol–water partition coefficient (Wildman–Crippen LogP) is 3.64. The molecule has 8 heteroatoms. The minimum atomic E-state index is -1.32. The Morgan fingerprint density at radius 1 is 0.793 bits per heavy atom. The summed E-state index contributed by atoms with van der Waals surface area (Å²) in [6, 6.07) is 18.4. The molecule has 0 heterocycles. The lowest BCUT2D eigenvalue weighted by molar-refractivity contribution is -0.387. The average Bonchev–Trinajstić information content (AvgIpc) is 2.71. The molecule has 7 nitrogen and oxygen atoms in total. The van der Waals surface area contributed by atoms with Crippen molar-refractivity contribution < 1.29 is 14.3 Å². The van der Waals surface area contributed by atoms with E-state index in [0.29, 0.717) is 11.1 Å². The van der Waals surface area contributed by atoms with Crippen molar-refractivity contribution in [3.8, 4) is 0 Å². The van der Waals surface area contributed by atoms with E-state index in [2.05, 4.69) is 0 Å². The molecule has 3 rings (SSSR count). The average molecular weight is 408 g/mol. The maximum atomic E-state index is 11.6. The van der Waals surface area contributed by atoms with Crippen LogP contribution in [0.1, 0.15) is 28.4 Å². The van der Waals surface area contributed by atoms with Gasteiger partial charge >= 0.3 is 0 Å². The minimum Gasteiger partial charge on any atom is -0.407 e. The summed E-state index contributed by atoms with van der Waals surface area (Å²) < 4.78 is 6.25. The molecule has 0 amide bonds. The van der Waals surface area contributed by atoms with Gasteiger partial charge in [0.2, 0.25) is 0 Å². The van der Waals surface area contributed by atoms with Crippen molar-refractivity contribution in [2.45, 2.75) is 20.0 Å². The molecule has 0 aliphatic rings. The van der Waals surface area contributed by atoms with Crippen LogP contribution < -0.4 is 5.19 Å². The highest BCUT2D eigenvalue weighted by Gasteiger charge is 2.29. The summed E-state index contributed by atoms with van der Waals surface area (Å²) in [4.78, 5) is 22.2. The maximum Gasteiger partial charge on any atom is 0.275 e. The number of rotatable bonds is 7. The number of hydrogen-bond donors (Lipinski definition) is 0. The van der Waals surface area contributed by atoms with Crippen LogP contribution in [0.15, 0.2) is 66.7 Å². The molecule has 148 valence electrons. The molecule has 3 aromatic rings. The molecule has 0 atom stereocenters. The number of nitrogens with zero attached hydrogens (tertiary/aromatic N) is 2. The van der Waals surface area contributed by atoms with Crippen LogP contribution in [0.3, 0.4) is 0 Å². The molecule has 0 saturated heterocycles. The quantitative estimate of drug-likeness (QED) is 0.338. The number of benzene rings is 3. The van der Waals surface area contributed by atoms with Gasteiger partial charge in [-0.2, -0.15) is 0 Å². The molecular formula is C21H20N2O5Si. The SMILES string of the molecule is Cc1cccc([SiH2]OC(c2ccccc2[N+](=O)[O-])c2ccccc2[N+](=O)[O-])c1C. The highest BCUT2D eigenvalue weighted by molar-refractivity contribution is 6.47. The lowest BCUT2D eigenvalue weighted by Crippen LogP contribution is -2.24. The van der Waals surface area contributed by atoms with Crippen molar-refractivity contribution >= 4 is 26.3 Å². The zero-order chi connectivity index (χ0) is 21.0. The molecule has 0 aliphatic carbocycles. The van der Waals surface area contributed by atoms with Gasteiger partial charge in [0, 0.05) is 12.1 Å². The van der Waals surface area contributed by atoms with Crippen LogP contribution in [0.5, 0.6) is 0 Å². The van der Waals surface area contributed by atoms with Gasteiger partial charge < -0.3 is 4.43 Å². The molecule has 0 unspecified atom stereocenters. The van der Waals surface area contributed by atoms with Crippen LogP contribution in [-0.2, 0) is 4.43 Å². The third-order valence-electron chi connectivity index (χ3n) is 4.95. The molecule has 0 N–H and O–H groups in total. The first-order valence-corrected chi connectivity index (χ1v) is 10.3. The van der Waals surface area contributed by atoms with Crippen LogP contribution >= 0.6 is 0 Å². The van der Waals surface area contributed by atoms with E-state index in [1.807, 2.05) is 32.0 Å². The van der Waals surface area contributed by atoms with Crippen molar-refractivity contribution in [1.29, 1.82) is 0 Å². The maximum absolute atomic E-state index is 11.6. The van der Waals surface area contributed by atoms with Gasteiger partial charge in [0.15, 0.2) is 9.76 Å². The fourth-order valence-corrected chi connectivity index (χ4v) is 4.67. The summed E-state index contributed by atoms with van der Waals surface area (Å²) >= 11 is 0. The van der Waals surface area contributed by atoms with Gasteiger partial charge in [-0.05, 0) is 42.3 Å². The number of nitro benzene ring substituents is 2. The summed E-state index contributed by atoms with van der Waals surface area (Å²) in [7, 11) is -1.32. The number of para-hydroxylation sites is 2. The number of aryl methyl sites for hydroxylation is 1. The van der Waals surface area contributed by atoms with E-state index in [1.54, 1.807) is 36.4 Å². The number of nitro groups is 2. The molecule has 0 spiro atoms. The predicted molar refractivity (Wildman–Crippen MR) is 113 cm³/mol. The summed E-state index contributed by atoms with van der Waals surface area (Å²) in [5.41, 5.74) is 2.63. The van der Waals surface area contributed by atoms with Crippen molar-refractivity contribution in [2.24, 2.45) is 0 Å². The van der Waals surface area contributed by atoms with Crippen LogP contribution in [0.4, 0.5) is 11.4 Å². The van der Waals surface area contributed by atoms with Gasteiger partial charge in [0.1, 0.15) is 6.10 Å². The molecule has 0 fully saturated rings. The highest BCUT2D eigenvalue weighted by atomic mass is 28.2. The normalized spacial score (nSPS) is 11.3. The van der Waals surface area contributed by atoms with Gasteiger partial charge in [-0.3, -0.25) is 20.2 Å². The van der Waals surface area contributed by atoms with Gasteiger partial charge in [-0.15, -0.1) is 0 Å². The fourth-order valence-electron chi connectivity index (χ4n) is 3.24. The molecule has 0 aromatic heterocycles. The molecule has 0 aliphatic heterocycles. The Morgan fingerprint density at radius 3 is 1.83 bits per heavy atom. The summed E-state index contributed by atoms with van der Waals surface area (Å²) in [6.45, 7) is 4.01. The third kappa shape index (κ3) is 4.39. The second-order valence-electron chi connectivity index (χ2n) is 6.68. The second-order valence-corrected chi connectivity index (χ2v) is 8.07. The van der Waals surface area contributed by atoms with E-state index in [0.717, 1.165) is 16.3 Å².